The van der Waals surface area contributed by atoms with Crippen molar-refractivity contribution in [1.29, 1.82) is 0 Å². The van der Waals surface area contributed by atoms with Crippen LogP contribution >= 0.6 is 0 Å². The molecule has 2 unspecified atom stereocenters. The summed E-state index contributed by atoms with van der Waals surface area (Å²) in [6, 6.07) is 0. The van der Waals surface area contributed by atoms with E-state index >= 15 is 0 Å². The molecule has 0 aliphatic heterocycles. The molecule has 0 spiro atoms. The largest absolute Gasteiger partial charge is 0.385 e. The lowest BCUT2D eigenvalue weighted by atomic mass is 9.90. The molecule has 78 valence electrons. The minimum atomic E-state index is -0.883. The van der Waals surface area contributed by atoms with E-state index in [9.17, 15) is 9.90 Å². The summed E-state index contributed by atoms with van der Waals surface area (Å²) < 4.78 is 4.94. The summed E-state index contributed by atoms with van der Waals surface area (Å²) in [4.78, 5) is 11.3. The van der Waals surface area contributed by atoms with Crippen LogP contribution in [0.3, 0.4) is 0 Å². The van der Waals surface area contributed by atoms with Crippen LogP contribution in [0.1, 0.15) is 27.7 Å². The van der Waals surface area contributed by atoms with Crippen LogP contribution in [-0.2, 0) is 9.53 Å². The van der Waals surface area contributed by atoms with Gasteiger partial charge in [0.25, 0.3) is 0 Å². The van der Waals surface area contributed by atoms with E-state index < -0.39 is 6.10 Å². The van der Waals surface area contributed by atoms with Crippen LogP contribution in [0, 0.1) is 11.8 Å². The summed E-state index contributed by atoms with van der Waals surface area (Å²) in [6.45, 7) is 8.21. The highest BCUT2D eigenvalue weighted by molar-refractivity contribution is 5.84. The highest BCUT2D eigenvalue weighted by Crippen LogP contribution is 2.15. The lowest BCUT2D eigenvalue weighted by molar-refractivity contribution is -0.134. The maximum Gasteiger partial charge on any atom is 0.187 e. The molecular formula is C10H20O3. The highest BCUT2D eigenvalue weighted by atomic mass is 16.5. The van der Waals surface area contributed by atoms with Crippen LogP contribution in [0.25, 0.3) is 0 Å². The number of hydrogen-bond acceptors (Lipinski definition) is 3. The smallest absolute Gasteiger partial charge is 0.187 e. The predicted octanol–water partition coefficient (Wildman–Crippen LogP) is 1.24. The minimum Gasteiger partial charge on any atom is -0.385 e. The minimum absolute atomic E-state index is 0.00652. The van der Waals surface area contributed by atoms with Crippen LogP contribution in [0.2, 0.25) is 0 Å². The molecule has 0 rings (SSSR count). The predicted molar refractivity (Wildman–Crippen MR) is 51.5 cm³/mol. The molecule has 0 amide bonds. The Balaban J connectivity index is 3.94. The summed E-state index contributed by atoms with van der Waals surface area (Å²) in [5.41, 5.74) is 0. The monoisotopic (exact) mass is 188 g/mol. The first-order chi connectivity index (χ1) is 6.00. The van der Waals surface area contributed by atoms with Gasteiger partial charge in [-0.05, 0) is 18.8 Å². The van der Waals surface area contributed by atoms with E-state index in [-0.39, 0.29) is 18.3 Å². The van der Waals surface area contributed by atoms with E-state index in [1.807, 2.05) is 27.7 Å². The number of aliphatic hydroxyl groups excluding tert-OH is 1. The molecule has 0 aromatic heterocycles. The van der Waals surface area contributed by atoms with Gasteiger partial charge in [-0.15, -0.1) is 0 Å². The van der Waals surface area contributed by atoms with Gasteiger partial charge in [0.05, 0.1) is 0 Å². The Kier molecular flexibility index (Phi) is 5.91. The summed E-state index contributed by atoms with van der Waals surface area (Å²) in [6.07, 6.45) is -0.883. The summed E-state index contributed by atoms with van der Waals surface area (Å²) in [7, 11) is 0. The molecule has 0 aromatic carbocycles. The van der Waals surface area contributed by atoms with Gasteiger partial charge in [0.2, 0.25) is 0 Å². The third-order valence-electron chi connectivity index (χ3n) is 2.33. The van der Waals surface area contributed by atoms with Gasteiger partial charge >= 0.3 is 0 Å². The Morgan fingerprint density at radius 3 is 2.31 bits per heavy atom. The van der Waals surface area contributed by atoms with Crippen molar-refractivity contribution < 1.29 is 14.6 Å². The molecule has 0 radical (unpaired) electrons. The lowest BCUT2D eigenvalue weighted by Crippen LogP contribution is -2.33. The number of rotatable bonds is 6. The van der Waals surface area contributed by atoms with Crippen LogP contribution in [0.4, 0.5) is 0 Å². The van der Waals surface area contributed by atoms with Crippen molar-refractivity contribution in [2.75, 3.05) is 13.2 Å². The van der Waals surface area contributed by atoms with Crippen molar-refractivity contribution in [2.24, 2.45) is 11.8 Å². The maximum absolute atomic E-state index is 11.3. The molecule has 3 nitrogen and oxygen atoms in total. The third-order valence-corrected chi connectivity index (χ3v) is 2.33. The van der Waals surface area contributed by atoms with Gasteiger partial charge in [0.15, 0.2) is 5.78 Å². The van der Waals surface area contributed by atoms with Crippen molar-refractivity contribution in [2.45, 2.75) is 33.8 Å². The third kappa shape index (κ3) is 4.39. The van der Waals surface area contributed by atoms with Crippen molar-refractivity contribution in [3.8, 4) is 0 Å². The second-order valence-electron chi connectivity index (χ2n) is 3.65. The van der Waals surface area contributed by atoms with Crippen molar-refractivity contribution in [3.05, 3.63) is 0 Å². The summed E-state index contributed by atoms with van der Waals surface area (Å²) in [5, 5.41) is 9.55. The molecule has 0 aromatic rings. The molecular weight excluding hydrogens is 168 g/mol. The number of ketones is 1. The quantitative estimate of drug-likeness (QED) is 0.682. The van der Waals surface area contributed by atoms with Crippen molar-refractivity contribution >= 4 is 5.78 Å². The second-order valence-corrected chi connectivity index (χ2v) is 3.65. The van der Waals surface area contributed by atoms with E-state index in [1.54, 1.807) is 0 Å². The Labute approximate surface area is 80.1 Å². The fraction of sp³-hybridized carbons (Fsp3) is 0.900. The van der Waals surface area contributed by atoms with Gasteiger partial charge in [-0.2, -0.15) is 0 Å². The van der Waals surface area contributed by atoms with Gasteiger partial charge in [-0.1, -0.05) is 20.8 Å². The molecule has 3 heteroatoms. The SMILES string of the molecule is CCOCC(=O)C(O)C(C)C(C)C. The molecule has 0 saturated carbocycles. The Bertz CT molecular complexity index is 154. The lowest BCUT2D eigenvalue weighted by Gasteiger charge is -2.20. The zero-order chi connectivity index (χ0) is 10.4. The fourth-order valence-corrected chi connectivity index (χ4v) is 0.946. The Hall–Kier alpha value is -0.410. The van der Waals surface area contributed by atoms with Gasteiger partial charge < -0.3 is 9.84 Å². The molecule has 0 fully saturated rings. The average Bonchev–Trinajstić information content (AvgIpc) is 2.11. The molecule has 0 saturated heterocycles. The van der Waals surface area contributed by atoms with Crippen LogP contribution in [0.15, 0.2) is 0 Å². The van der Waals surface area contributed by atoms with E-state index in [2.05, 4.69) is 0 Å². The zero-order valence-electron chi connectivity index (χ0n) is 8.91. The van der Waals surface area contributed by atoms with E-state index in [4.69, 9.17) is 4.74 Å². The van der Waals surface area contributed by atoms with E-state index in [0.717, 1.165) is 0 Å². The van der Waals surface area contributed by atoms with Gasteiger partial charge in [0, 0.05) is 6.61 Å². The molecule has 0 heterocycles. The van der Waals surface area contributed by atoms with E-state index in [1.165, 1.54) is 0 Å². The van der Waals surface area contributed by atoms with Crippen LogP contribution in [-0.4, -0.2) is 30.2 Å². The number of aliphatic hydroxyl groups is 1. The van der Waals surface area contributed by atoms with Gasteiger partial charge in [0.1, 0.15) is 12.7 Å². The highest BCUT2D eigenvalue weighted by Gasteiger charge is 2.24. The zero-order valence-corrected chi connectivity index (χ0v) is 8.91. The topological polar surface area (TPSA) is 46.5 Å². The maximum atomic E-state index is 11.3. The van der Waals surface area contributed by atoms with Gasteiger partial charge in [-0.25, -0.2) is 0 Å². The molecule has 2 atom stereocenters. The number of ether oxygens (including phenoxy) is 1. The van der Waals surface area contributed by atoms with Gasteiger partial charge in [-0.3, -0.25) is 4.79 Å². The fourth-order valence-electron chi connectivity index (χ4n) is 0.946. The first-order valence-electron chi connectivity index (χ1n) is 4.79. The molecule has 13 heavy (non-hydrogen) atoms. The number of carbonyl (C=O) groups excluding carboxylic acids is 1. The molecule has 1 N–H and O–H groups in total. The van der Waals surface area contributed by atoms with Crippen LogP contribution in [0.5, 0.6) is 0 Å². The Morgan fingerprint density at radius 2 is 1.92 bits per heavy atom. The first-order valence-corrected chi connectivity index (χ1v) is 4.79. The number of carbonyl (C=O) groups is 1. The normalized spacial score (nSPS) is 15.8. The Morgan fingerprint density at radius 1 is 1.38 bits per heavy atom. The molecule has 0 aliphatic rings. The number of hydrogen-bond donors (Lipinski definition) is 1. The average molecular weight is 188 g/mol. The molecule has 0 aliphatic carbocycles. The van der Waals surface area contributed by atoms with Crippen LogP contribution < -0.4 is 0 Å². The summed E-state index contributed by atoms with van der Waals surface area (Å²) >= 11 is 0. The molecule has 0 bridgehead atoms. The van der Waals surface area contributed by atoms with Crippen molar-refractivity contribution in [1.82, 2.24) is 0 Å². The standard InChI is InChI=1S/C10H20O3/c1-5-13-6-9(11)10(12)8(4)7(2)3/h7-8,10,12H,5-6H2,1-4H3. The first kappa shape index (κ1) is 12.6. The summed E-state index contributed by atoms with van der Waals surface area (Å²) in [5.74, 6) is 0.0802. The van der Waals surface area contributed by atoms with Crippen molar-refractivity contribution in [3.63, 3.8) is 0 Å². The van der Waals surface area contributed by atoms with E-state index in [0.29, 0.717) is 12.5 Å². The second kappa shape index (κ2) is 6.11. The number of Topliss-reactive ketones (excluding diaryl/α,β-unsaturated/α-hetero) is 1.